The number of carboxylic acid groups (broad SMARTS) is 1. The lowest BCUT2D eigenvalue weighted by Gasteiger charge is -2.05. The van der Waals surface area contributed by atoms with Crippen molar-refractivity contribution < 1.29 is 32.5 Å². The Balaban J connectivity index is 1.82. The lowest BCUT2D eigenvalue weighted by molar-refractivity contribution is 0.0693. The minimum Gasteiger partial charge on any atom is -0.496 e. The van der Waals surface area contributed by atoms with Crippen LogP contribution in [0.1, 0.15) is 10.4 Å². The number of fused-ring (bicyclic) bond motifs is 2. The largest absolute Gasteiger partial charge is 0.496 e. The first-order valence-corrected chi connectivity index (χ1v) is 9.14. The summed E-state index contributed by atoms with van der Waals surface area (Å²) >= 11 is 0.749. The monoisotopic (exact) mass is 438 g/mol. The summed E-state index contributed by atoms with van der Waals surface area (Å²) in [7, 11) is 4.03. The summed E-state index contributed by atoms with van der Waals surface area (Å²) in [5.74, 6) is -5.48. The first-order chi connectivity index (χ1) is 14.3. The number of aromatic carboxylic acids is 1. The first kappa shape index (κ1) is 19.8. The Morgan fingerprint density at radius 2 is 1.87 bits per heavy atom. The molecule has 4 aromatic rings. The van der Waals surface area contributed by atoms with Gasteiger partial charge in [0.05, 0.1) is 30.0 Å². The molecule has 156 valence electrons. The number of benzene rings is 2. The molecule has 4 rings (SSSR count). The summed E-state index contributed by atoms with van der Waals surface area (Å²) in [6.45, 7) is 0. The molecule has 0 fully saturated rings. The number of aryl methyl sites for hydroxylation is 1. The summed E-state index contributed by atoms with van der Waals surface area (Å²) in [4.78, 5) is 19.6. The topological polar surface area (TPSA) is 98.5 Å². The molecule has 2 aromatic heterocycles. The summed E-state index contributed by atoms with van der Waals surface area (Å²) in [5, 5.41) is 12.2. The van der Waals surface area contributed by atoms with Gasteiger partial charge in [0.2, 0.25) is 11.8 Å². The Kier molecular flexibility index (Phi) is 4.65. The van der Waals surface area contributed by atoms with Gasteiger partial charge in [-0.15, -0.1) is 0 Å². The molecule has 0 radical (unpaired) electrons. The maximum Gasteiger partial charge on any atom is 0.339 e. The molecule has 0 bridgehead atoms. The molecule has 12 heteroatoms. The molecular weight excluding hydrogens is 425 g/mol. The van der Waals surface area contributed by atoms with Gasteiger partial charge >= 0.3 is 5.97 Å². The number of carbonyl (C=O) groups is 1. The number of hydrogen-bond acceptors (Lipinski definition) is 7. The van der Waals surface area contributed by atoms with Crippen LogP contribution < -0.4 is 14.8 Å². The van der Waals surface area contributed by atoms with Gasteiger partial charge in [0.1, 0.15) is 16.8 Å². The molecule has 0 unspecified atom stereocenters. The van der Waals surface area contributed by atoms with Gasteiger partial charge in [0.15, 0.2) is 22.5 Å². The van der Waals surface area contributed by atoms with E-state index in [1.54, 1.807) is 11.6 Å². The Hall–Kier alpha value is -3.54. The Bertz CT molecular complexity index is 1330. The maximum absolute atomic E-state index is 14.4. The van der Waals surface area contributed by atoms with E-state index in [-0.39, 0.29) is 27.1 Å². The number of carboxylic acids is 1. The lowest BCUT2D eigenvalue weighted by atomic mass is 10.2. The number of imidazole rings is 1. The van der Waals surface area contributed by atoms with Gasteiger partial charge < -0.3 is 24.5 Å². The summed E-state index contributed by atoms with van der Waals surface area (Å²) in [5.41, 5.74) is 0.350. The van der Waals surface area contributed by atoms with Crippen LogP contribution in [0.15, 0.2) is 12.1 Å². The summed E-state index contributed by atoms with van der Waals surface area (Å²) in [6.07, 6.45) is 0. The molecule has 0 aliphatic heterocycles. The average molecular weight is 438 g/mol. The summed E-state index contributed by atoms with van der Waals surface area (Å²) < 4.78 is 53.7. The van der Waals surface area contributed by atoms with Crippen molar-refractivity contribution >= 4 is 49.6 Å². The predicted molar refractivity (Wildman–Crippen MR) is 104 cm³/mol. The second-order valence-electron chi connectivity index (χ2n) is 6.14. The van der Waals surface area contributed by atoms with Gasteiger partial charge in [-0.1, -0.05) is 11.3 Å². The number of halogens is 3. The molecule has 0 atom stereocenters. The number of nitrogens with zero attached hydrogens (tertiary/aromatic N) is 3. The van der Waals surface area contributed by atoms with E-state index in [1.807, 2.05) is 0 Å². The molecule has 0 amide bonds. The van der Waals surface area contributed by atoms with Gasteiger partial charge in [-0.2, -0.15) is 4.39 Å². The number of rotatable bonds is 5. The van der Waals surface area contributed by atoms with Crippen molar-refractivity contribution in [2.45, 2.75) is 0 Å². The first-order valence-electron chi connectivity index (χ1n) is 8.32. The summed E-state index contributed by atoms with van der Waals surface area (Å²) in [6, 6.07) is 2.86. The van der Waals surface area contributed by atoms with Crippen LogP contribution in [0.4, 0.5) is 24.3 Å². The van der Waals surface area contributed by atoms with Gasteiger partial charge in [0, 0.05) is 13.1 Å². The van der Waals surface area contributed by atoms with Crippen LogP contribution in [0.2, 0.25) is 0 Å². The zero-order chi connectivity index (χ0) is 21.7. The van der Waals surface area contributed by atoms with Gasteiger partial charge in [-0.05, 0) is 6.07 Å². The van der Waals surface area contributed by atoms with Crippen LogP contribution in [0.3, 0.4) is 0 Å². The lowest BCUT2D eigenvalue weighted by Crippen LogP contribution is -2.01. The van der Waals surface area contributed by atoms with E-state index in [0.29, 0.717) is 11.0 Å². The smallest absolute Gasteiger partial charge is 0.339 e. The Morgan fingerprint density at radius 1 is 1.13 bits per heavy atom. The molecule has 0 saturated heterocycles. The van der Waals surface area contributed by atoms with E-state index < -0.39 is 34.7 Å². The van der Waals surface area contributed by atoms with Crippen molar-refractivity contribution in [1.29, 1.82) is 0 Å². The fourth-order valence-electron chi connectivity index (χ4n) is 3.02. The quantitative estimate of drug-likeness (QED) is 0.454. The number of aromatic nitrogens is 3. The molecular formula is C18H13F3N4O4S. The molecule has 0 aliphatic rings. The molecule has 8 nitrogen and oxygen atoms in total. The third-order valence-corrected chi connectivity index (χ3v) is 5.44. The second-order valence-corrected chi connectivity index (χ2v) is 7.14. The molecule has 2 N–H and O–H groups in total. The molecule has 0 aliphatic carbocycles. The van der Waals surface area contributed by atoms with E-state index in [0.717, 1.165) is 18.4 Å². The third-order valence-electron chi connectivity index (χ3n) is 4.48. The van der Waals surface area contributed by atoms with Crippen molar-refractivity contribution in [3.63, 3.8) is 0 Å². The van der Waals surface area contributed by atoms with Crippen molar-refractivity contribution in [2.75, 3.05) is 19.5 Å². The number of nitrogens with one attached hydrogen (secondary N) is 1. The fraction of sp³-hybridized carbons (Fsp3) is 0.167. The Morgan fingerprint density at radius 3 is 2.50 bits per heavy atom. The van der Waals surface area contributed by atoms with Gasteiger partial charge in [-0.25, -0.2) is 23.5 Å². The number of methoxy groups -OCH3 is 2. The van der Waals surface area contributed by atoms with Crippen LogP contribution in [-0.4, -0.2) is 39.8 Å². The molecule has 0 saturated carbocycles. The van der Waals surface area contributed by atoms with Crippen molar-refractivity contribution in [3.8, 4) is 11.5 Å². The minimum absolute atomic E-state index is 0.0549. The van der Waals surface area contributed by atoms with E-state index in [2.05, 4.69) is 20.0 Å². The van der Waals surface area contributed by atoms with Crippen molar-refractivity contribution in [2.24, 2.45) is 7.05 Å². The van der Waals surface area contributed by atoms with Crippen LogP contribution in [0, 0.1) is 17.5 Å². The fourth-order valence-corrected chi connectivity index (χ4v) is 3.90. The van der Waals surface area contributed by atoms with E-state index in [4.69, 9.17) is 4.74 Å². The van der Waals surface area contributed by atoms with E-state index >= 15 is 0 Å². The second kappa shape index (κ2) is 7.06. The van der Waals surface area contributed by atoms with E-state index in [9.17, 15) is 23.1 Å². The van der Waals surface area contributed by atoms with E-state index in [1.165, 1.54) is 19.2 Å². The van der Waals surface area contributed by atoms with Crippen molar-refractivity contribution in [1.82, 2.24) is 14.5 Å². The van der Waals surface area contributed by atoms with Crippen LogP contribution in [-0.2, 0) is 7.05 Å². The van der Waals surface area contributed by atoms with Crippen LogP contribution >= 0.6 is 11.3 Å². The maximum atomic E-state index is 14.4. The molecule has 30 heavy (non-hydrogen) atoms. The average Bonchev–Trinajstić information content (AvgIpc) is 3.27. The van der Waals surface area contributed by atoms with Crippen LogP contribution in [0.5, 0.6) is 11.5 Å². The predicted octanol–water partition coefficient (Wildman–Crippen LogP) is 4.06. The van der Waals surface area contributed by atoms with Gasteiger partial charge in [-0.3, -0.25) is 0 Å². The number of hydrogen-bond donors (Lipinski definition) is 2. The van der Waals surface area contributed by atoms with Crippen LogP contribution in [0.25, 0.3) is 21.3 Å². The number of ether oxygens (including phenoxy) is 2. The van der Waals surface area contributed by atoms with Crippen molar-refractivity contribution in [3.05, 3.63) is 35.1 Å². The highest BCUT2D eigenvalue weighted by molar-refractivity contribution is 7.22. The molecule has 2 aromatic carbocycles. The van der Waals surface area contributed by atoms with Gasteiger partial charge in [0.25, 0.3) is 0 Å². The third kappa shape index (κ3) is 2.87. The molecule has 2 heterocycles. The minimum atomic E-state index is -1.46. The Labute approximate surface area is 170 Å². The SMILES string of the molecule is COc1cc2c(cc1C(=O)O)nc(Nc1nc3c(F)c(F)c(OC)c(F)c3s1)n2C. The normalized spacial score (nSPS) is 11.3. The zero-order valence-corrected chi connectivity index (χ0v) is 16.5. The standard InChI is InChI=1S/C18H13F3N4O4S/c1-25-8-5-9(28-2)6(16(26)27)4-7(8)22-17(25)24-18-23-13-10(19)11(20)14(29-3)12(21)15(13)30-18/h4-5H,1-3H3,(H,26,27)(H,22,23,24). The molecule has 0 spiro atoms. The number of thiazole rings is 1. The highest BCUT2D eigenvalue weighted by Gasteiger charge is 2.25. The zero-order valence-electron chi connectivity index (χ0n) is 15.7. The highest BCUT2D eigenvalue weighted by atomic mass is 32.1. The number of anilines is 2. The highest BCUT2D eigenvalue weighted by Crippen LogP contribution is 2.38.